The van der Waals surface area contributed by atoms with Crippen molar-refractivity contribution >= 4 is 11.9 Å². The van der Waals surface area contributed by atoms with E-state index in [0.29, 0.717) is 19.4 Å². The molecule has 0 saturated carbocycles. The van der Waals surface area contributed by atoms with Crippen molar-refractivity contribution in [3.05, 3.63) is 12.2 Å². The Morgan fingerprint density at radius 2 is 0.767 bits per heavy atom. The summed E-state index contributed by atoms with van der Waals surface area (Å²) in [6.45, 7) is 4.89. The Morgan fingerprint density at radius 1 is 0.450 bits per heavy atom. The van der Waals surface area contributed by atoms with Gasteiger partial charge in [-0.1, -0.05) is 264 Å². The molecule has 0 aliphatic carbocycles. The Bertz CT molecular complexity index is 893. The van der Waals surface area contributed by atoms with Crippen molar-refractivity contribution in [3.8, 4) is 0 Å². The van der Waals surface area contributed by atoms with Crippen LogP contribution in [0.5, 0.6) is 0 Å². The average molecular weight is 848 g/mol. The van der Waals surface area contributed by atoms with E-state index in [0.717, 1.165) is 38.5 Å². The average Bonchev–Trinajstić information content (AvgIpc) is 3.25. The number of unbranched alkanes of at least 4 members (excludes halogenated alkanes) is 39. The highest BCUT2D eigenvalue weighted by Crippen LogP contribution is 2.17. The number of aliphatic hydroxyl groups excluding tert-OH is 2. The minimum atomic E-state index is -0.843. The van der Waals surface area contributed by atoms with Crippen LogP contribution in [0.3, 0.4) is 0 Å². The molecule has 0 spiro atoms. The molecule has 0 aliphatic heterocycles. The van der Waals surface area contributed by atoms with Gasteiger partial charge in [-0.25, -0.2) is 0 Å². The second-order valence-corrected chi connectivity index (χ2v) is 18.6. The van der Waals surface area contributed by atoms with Gasteiger partial charge in [0, 0.05) is 12.8 Å². The predicted octanol–water partition coefficient (Wildman–Crippen LogP) is 16.1. The fraction of sp³-hybridized carbons (Fsp3) is 0.926. The van der Waals surface area contributed by atoms with Gasteiger partial charge in [-0.3, -0.25) is 9.59 Å². The van der Waals surface area contributed by atoms with Crippen molar-refractivity contribution < 1.29 is 24.5 Å². The molecule has 0 rings (SSSR count). The van der Waals surface area contributed by atoms with Gasteiger partial charge in [0.15, 0.2) is 0 Å². The Hall–Kier alpha value is -1.40. The second kappa shape index (κ2) is 50.2. The van der Waals surface area contributed by atoms with E-state index in [2.05, 4.69) is 19.2 Å². The molecule has 0 bridgehead atoms. The van der Waals surface area contributed by atoms with Crippen LogP contribution in [0.2, 0.25) is 0 Å². The smallest absolute Gasteiger partial charge is 0.305 e. The molecule has 0 heterocycles. The minimum absolute atomic E-state index is 0.0105. The topological polar surface area (TPSA) is 95.9 Å². The van der Waals surface area contributed by atoms with E-state index >= 15 is 0 Å². The van der Waals surface area contributed by atoms with E-state index < -0.39 is 12.1 Å². The van der Waals surface area contributed by atoms with Crippen LogP contribution in [0, 0.1) is 0 Å². The molecule has 0 aromatic rings. The number of rotatable bonds is 50. The summed E-state index contributed by atoms with van der Waals surface area (Å²) in [5.41, 5.74) is 0. The van der Waals surface area contributed by atoms with E-state index in [4.69, 9.17) is 4.74 Å². The molecule has 1 amide bonds. The lowest BCUT2D eigenvalue weighted by Gasteiger charge is -2.20. The van der Waals surface area contributed by atoms with E-state index in [1.807, 2.05) is 6.08 Å². The Labute approximate surface area is 374 Å². The normalized spacial score (nSPS) is 12.7. The first-order chi connectivity index (χ1) is 29.5. The third kappa shape index (κ3) is 46.1. The van der Waals surface area contributed by atoms with Gasteiger partial charge in [-0.05, 0) is 32.1 Å². The number of allylic oxidation sites excluding steroid dienone is 1. The maximum Gasteiger partial charge on any atom is 0.305 e. The molecular weight excluding hydrogens is 743 g/mol. The molecule has 0 saturated heterocycles. The van der Waals surface area contributed by atoms with Crippen LogP contribution in [0.1, 0.15) is 296 Å². The van der Waals surface area contributed by atoms with E-state index in [-0.39, 0.29) is 18.5 Å². The number of ether oxygens (including phenoxy) is 1. The summed E-state index contributed by atoms with van der Waals surface area (Å²) in [7, 11) is 0. The molecule has 0 radical (unpaired) electrons. The highest BCUT2D eigenvalue weighted by Gasteiger charge is 2.18. The van der Waals surface area contributed by atoms with Gasteiger partial charge in [0.05, 0.1) is 25.4 Å². The number of esters is 1. The van der Waals surface area contributed by atoms with Crippen LogP contribution >= 0.6 is 0 Å². The second-order valence-electron chi connectivity index (χ2n) is 18.6. The standard InChI is InChI=1S/C54H105NO5/c1-3-5-7-9-11-13-15-16-25-28-32-36-40-44-48-54(59)60-49-45-41-37-33-29-26-23-21-19-17-18-20-22-24-27-31-35-39-43-47-53(58)55-51(50-56)52(57)46-42-38-34-30-14-12-10-8-6-4-2/h42,46,51-52,56-57H,3-41,43-45,47-50H2,1-2H3,(H,55,58)/b46-42+. The fourth-order valence-electron chi connectivity index (χ4n) is 8.40. The zero-order valence-corrected chi connectivity index (χ0v) is 40.5. The summed E-state index contributed by atoms with van der Waals surface area (Å²) in [6.07, 6.45) is 58.0. The SMILES string of the molecule is CCCCCCCCCC/C=C/C(O)C(CO)NC(=O)CCCCCCCCCCCCCCCCCCCCCOC(=O)CCCCCCCCCCCCCCCC. The van der Waals surface area contributed by atoms with Gasteiger partial charge in [0.1, 0.15) is 0 Å². The summed E-state index contributed by atoms with van der Waals surface area (Å²) in [5.74, 6) is -0.0615. The van der Waals surface area contributed by atoms with E-state index in [1.165, 1.54) is 231 Å². The molecule has 2 unspecified atom stereocenters. The van der Waals surface area contributed by atoms with Crippen LogP contribution in [-0.2, 0) is 14.3 Å². The number of nitrogens with one attached hydrogen (secondary N) is 1. The number of carbonyl (C=O) groups is 2. The molecule has 60 heavy (non-hydrogen) atoms. The third-order valence-corrected chi connectivity index (χ3v) is 12.6. The van der Waals surface area contributed by atoms with Gasteiger partial charge in [-0.2, -0.15) is 0 Å². The van der Waals surface area contributed by atoms with Crippen LogP contribution in [0.4, 0.5) is 0 Å². The van der Waals surface area contributed by atoms with Crippen LogP contribution in [0.15, 0.2) is 12.2 Å². The highest BCUT2D eigenvalue weighted by molar-refractivity contribution is 5.76. The number of amides is 1. The number of hydrogen-bond acceptors (Lipinski definition) is 5. The number of carbonyl (C=O) groups excluding carboxylic acids is 2. The first-order valence-corrected chi connectivity index (χ1v) is 27.0. The Balaban J connectivity index is 3.38. The summed E-state index contributed by atoms with van der Waals surface area (Å²) >= 11 is 0. The van der Waals surface area contributed by atoms with Crippen molar-refractivity contribution in [2.45, 2.75) is 309 Å². The predicted molar refractivity (Wildman–Crippen MR) is 260 cm³/mol. The van der Waals surface area contributed by atoms with Crippen LogP contribution < -0.4 is 5.32 Å². The summed E-state index contributed by atoms with van der Waals surface area (Å²) in [4.78, 5) is 24.4. The van der Waals surface area contributed by atoms with E-state index in [1.54, 1.807) is 6.08 Å². The lowest BCUT2D eigenvalue weighted by atomic mass is 10.0. The molecule has 356 valence electrons. The lowest BCUT2D eigenvalue weighted by molar-refractivity contribution is -0.143. The Kier molecular flexibility index (Phi) is 49.1. The van der Waals surface area contributed by atoms with Crippen molar-refractivity contribution in [2.75, 3.05) is 13.2 Å². The highest BCUT2D eigenvalue weighted by atomic mass is 16.5. The molecule has 6 heteroatoms. The fourth-order valence-corrected chi connectivity index (χ4v) is 8.40. The number of aliphatic hydroxyl groups is 2. The summed E-state index contributed by atoms with van der Waals surface area (Å²) in [5, 5.41) is 22.9. The first-order valence-electron chi connectivity index (χ1n) is 27.0. The van der Waals surface area contributed by atoms with Crippen LogP contribution in [-0.4, -0.2) is 47.4 Å². The molecule has 0 fully saturated rings. The first kappa shape index (κ1) is 58.6. The zero-order valence-electron chi connectivity index (χ0n) is 40.5. The van der Waals surface area contributed by atoms with Gasteiger partial charge in [0.2, 0.25) is 5.91 Å². The van der Waals surface area contributed by atoms with Gasteiger partial charge < -0.3 is 20.3 Å². The zero-order chi connectivity index (χ0) is 43.7. The van der Waals surface area contributed by atoms with Crippen molar-refractivity contribution in [2.24, 2.45) is 0 Å². The molecule has 2 atom stereocenters. The molecule has 0 aliphatic rings. The summed E-state index contributed by atoms with van der Waals surface area (Å²) in [6, 6.07) is -0.627. The van der Waals surface area contributed by atoms with Gasteiger partial charge in [-0.15, -0.1) is 0 Å². The quantitative estimate of drug-likeness (QED) is 0.0322. The Morgan fingerprint density at radius 3 is 1.13 bits per heavy atom. The largest absolute Gasteiger partial charge is 0.466 e. The van der Waals surface area contributed by atoms with Crippen molar-refractivity contribution in [1.82, 2.24) is 5.32 Å². The van der Waals surface area contributed by atoms with Crippen LogP contribution in [0.25, 0.3) is 0 Å². The van der Waals surface area contributed by atoms with Crippen molar-refractivity contribution in [1.29, 1.82) is 0 Å². The maximum atomic E-state index is 12.4. The summed E-state index contributed by atoms with van der Waals surface area (Å²) < 4.78 is 5.47. The molecular formula is C54H105NO5. The monoisotopic (exact) mass is 848 g/mol. The maximum absolute atomic E-state index is 12.4. The lowest BCUT2D eigenvalue weighted by Crippen LogP contribution is -2.45. The van der Waals surface area contributed by atoms with Crippen molar-refractivity contribution in [3.63, 3.8) is 0 Å². The van der Waals surface area contributed by atoms with Gasteiger partial charge >= 0.3 is 5.97 Å². The van der Waals surface area contributed by atoms with Gasteiger partial charge in [0.25, 0.3) is 0 Å². The third-order valence-electron chi connectivity index (χ3n) is 12.6. The molecule has 0 aromatic carbocycles. The number of hydrogen-bond donors (Lipinski definition) is 3. The minimum Gasteiger partial charge on any atom is -0.466 e. The molecule has 0 aromatic heterocycles. The molecule has 6 nitrogen and oxygen atoms in total. The van der Waals surface area contributed by atoms with E-state index in [9.17, 15) is 19.8 Å². The molecule has 3 N–H and O–H groups in total.